The van der Waals surface area contributed by atoms with Crippen LogP contribution in [0, 0.1) is 25.1 Å². The number of aromatic nitrogens is 2. The quantitative estimate of drug-likeness (QED) is 0.130. The van der Waals surface area contributed by atoms with E-state index >= 15 is 0 Å². The number of rotatable bonds is 6. The molecule has 0 spiro atoms. The fraction of sp³-hybridized carbons (Fsp3) is 0.211. The first-order chi connectivity index (χ1) is 19.5. The zero-order valence-electron chi connectivity index (χ0n) is 20.8. The van der Waals surface area contributed by atoms with Crippen molar-refractivity contribution in [2.45, 2.75) is 12.4 Å². The molecule has 24 heteroatoms. The molecule has 232 valence electrons. The fourth-order valence-electron chi connectivity index (χ4n) is 3.18. The molecule has 2 N–H and O–H groups in total. The SMILES string of the molecule is COC(=O)c1cc([N+](=O)[O-])c(C(F)(F)F)cc1N=O.CS(=O)(=O)Nn1c(=O)[nH]c2cc(C(F)(F)F)c([N+](=O)[O-])cc2c1=O. The van der Waals surface area contributed by atoms with Gasteiger partial charge < -0.3 is 9.72 Å². The van der Waals surface area contributed by atoms with Crippen molar-refractivity contribution < 1.29 is 54.1 Å². The fourth-order valence-corrected chi connectivity index (χ4v) is 3.68. The largest absolute Gasteiger partial charge is 0.465 e. The van der Waals surface area contributed by atoms with Crippen molar-refractivity contribution in [2.24, 2.45) is 5.18 Å². The number of H-pyrrole nitrogens is 1. The zero-order valence-corrected chi connectivity index (χ0v) is 21.6. The number of nitro benzene ring substituents is 2. The number of nitrogens with zero attached hydrogens (tertiary/aromatic N) is 4. The number of nitro groups is 2. The average Bonchev–Trinajstić information content (AvgIpc) is 2.87. The van der Waals surface area contributed by atoms with Crippen LogP contribution in [0.2, 0.25) is 0 Å². The van der Waals surface area contributed by atoms with Crippen molar-refractivity contribution in [1.29, 1.82) is 0 Å². The van der Waals surface area contributed by atoms with Crippen molar-refractivity contribution in [2.75, 3.05) is 18.2 Å². The number of nitrogens with one attached hydrogen (secondary N) is 2. The minimum absolute atomic E-state index is 0.0192. The lowest BCUT2D eigenvalue weighted by Gasteiger charge is -2.10. The van der Waals surface area contributed by atoms with Crippen LogP contribution in [0.1, 0.15) is 21.5 Å². The smallest absolute Gasteiger partial charge is 0.423 e. The number of aromatic amines is 1. The van der Waals surface area contributed by atoms with E-state index in [-0.39, 0.29) is 16.8 Å². The number of alkyl halides is 6. The van der Waals surface area contributed by atoms with Gasteiger partial charge in [0.05, 0.1) is 39.7 Å². The highest BCUT2D eigenvalue weighted by Crippen LogP contribution is 2.40. The second-order valence-corrected chi connectivity index (χ2v) is 9.56. The molecule has 0 saturated heterocycles. The van der Waals surface area contributed by atoms with Crippen molar-refractivity contribution in [1.82, 2.24) is 9.66 Å². The molecule has 3 rings (SSSR count). The Morgan fingerprint density at radius 2 is 1.47 bits per heavy atom. The van der Waals surface area contributed by atoms with Crippen LogP contribution in [0.5, 0.6) is 0 Å². The maximum absolute atomic E-state index is 12.9. The third-order valence-corrected chi connectivity index (χ3v) is 5.41. The predicted molar refractivity (Wildman–Crippen MR) is 130 cm³/mol. The van der Waals surface area contributed by atoms with Crippen molar-refractivity contribution in [3.8, 4) is 0 Å². The van der Waals surface area contributed by atoms with Crippen LogP contribution < -0.4 is 16.1 Å². The monoisotopic (exact) mass is 646 g/mol. The van der Waals surface area contributed by atoms with E-state index in [1.165, 1.54) is 0 Å². The normalized spacial score (nSPS) is 11.7. The number of esters is 1. The summed E-state index contributed by atoms with van der Waals surface area (Å²) < 4.78 is 103. The number of hydrogen-bond donors (Lipinski definition) is 2. The van der Waals surface area contributed by atoms with Gasteiger partial charge in [0.1, 0.15) is 16.8 Å². The van der Waals surface area contributed by atoms with Gasteiger partial charge in [-0.25, -0.2) is 22.8 Å². The summed E-state index contributed by atoms with van der Waals surface area (Å²) in [5, 5.41) is 23.0. The van der Waals surface area contributed by atoms with Gasteiger partial charge in [-0.2, -0.15) is 31.0 Å². The van der Waals surface area contributed by atoms with E-state index in [9.17, 15) is 74.3 Å². The molecule has 0 aliphatic rings. The Kier molecular flexibility index (Phi) is 9.29. The molecule has 0 unspecified atom stereocenters. The highest BCUT2D eigenvalue weighted by Gasteiger charge is 2.41. The number of ether oxygens (including phenoxy) is 1. The third-order valence-electron chi connectivity index (χ3n) is 4.89. The van der Waals surface area contributed by atoms with Gasteiger partial charge in [0.2, 0.25) is 10.0 Å². The minimum Gasteiger partial charge on any atom is -0.465 e. The molecule has 0 amide bonds. The van der Waals surface area contributed by atoms with Crippen molar-refractivity contribution in [3.63, 3.8) is 0 Å². The van der Waals surface area contributed by atoms with Gasteiger partial charge in [0.15, 0.2) is 0 Å². The lowest BCUT2D eigenvalue weighted by Crippen LogP contribution is -2.43. The van der Waals surface area contributed by atoms with Gasteiger partial charge in [-0.05, 0) is 17.3 Å². The molecule has 2 aromatic carbocycles. The number of carbonyl (C=O) groups excluding carboxylic acids is 1. The van der Waals surface area contributed by atoms with Crippen molar-refractivity contribution >= 4 is 44.0 Å². The molecule has 0 bridgehead atoms. The molecule has 3 aromatic rings. The number of carbonyl (C=O) groups is 1. The maximum atomic E-state index is 12.9. The molecule has 0 fully saturated rings. The van der Waals surface area contributed by atoms with Gasteiger partial charge in [0.25, 0.3) is 16.9 Å². The Morgan fingerprint density at radius 1 is 0.977 bits per heavy atom. The summed E-state index contributed by atoms with van der Waals surface area (Å²) in [5.41, 5.74) is -11.1. The Bertz CT molecular complexity index is 1880. The summed E-state index contributed by atoms with van der Waals surface area (Å²) in [5.74, 6) is -1.20. The van der Waals surface area contributed by atoms with Crippen LogP contribution in [0.4, 0.5) is 43.4 Å². The molecule has 17 nitrogen and oxygen atoms in total. The van der Waals surface area contributed by atoms with Crippen molar-refractivity contribution in [3.05, 3.63) is 86.9 Å². The van der Waals surface area contributed by atoms with E-state index < -0.39 is 94.1 Å². The Labute approximate surface area is 231 Å². The second-order valence-electron chi connectivity index (χ2n) is 7.83. The number of fused-ring (bicyclic) bond motifs is 1. The van der Waals surface area contributed by atoms with Gasteiger partial charge in [-0.15, -0.1) is 4.91 Å². The first kappa shape index (κ1) is 33.8. The molecule has 0 aliphatic heterocycles. The first-order valence-electron chi connectivity index (χ1n) is 10.4. The summed E-state index contributed by atoms with van der Waals surface area (Å²) in [4.78, 5) is 67.5. The maximum Gasteiger partial charge on any atom is 0.423 e. The molecule has 1 heterocycles. The Balaban J connectivity index is 0.000000309. The topological polar surface area (TPSA) is 243 Å². The number of halogens is 6. The number of benzene rings is 2. The summed E-state index contributed by atoms with van der Waals surface area (Å²) in [6.45, 7) is 0. The number of hydrogen-bond acceptors (Lipinski definition) is 12. The summed E-state index contributed by atoms with van der Waals surface area (Å²) in [6, 6.07) is 1.00. The molecule has 43 heavy (non-hydrogen) atoms. The predicted octanol–water partition coefficient (Wildman–Crippen LogP) is 2.92. The highest BCUT2D eigenvalue weighted by atomic mass is 32.2. The number of nitroso groups, excluding NO2 is 1. The van der Waals surface area contributed by atoms with Gasteiger partial charge in [0, 0.05) is 12.1 Å². The van der Waals surface area contributed by atoms with Gasteiger partial charge in [-0.1, -0.05) is 0 Å². The summed E-state index contributed by atoms with van der Waals surface area (Å²) in [7, 11) is -3.17. The molecule has 0 saturated carbocycles. The minimum atomic E-state index is -5.10. The van der Waals surface area contributed by atoms with Crippen LogP contribution in [-0.4, -0.2) is 47.3 Å². The second kappa shape index (κ2) is 11.8. The van der Waals surface area contributed by atoms with E-state index in [4.69, 9.17) is 0 Å². The molecule has 0 atom stereocenters. The first-order valence-corrected chi connectivity index (χ1v) is 12.3. The van der Waals surface area contributed by atoms with E-state index in [2.05, 4.69) is 9.91 Å². The Morgan fingerprint density at radius 3 is 1.88 bits per heavy atom. The molecule has 0 radical (unpaired) electrons. The highest BCUT2D eigenvalue weighted by molar-refractivity contribution is 7.91. The average molecular weight is 646 g/mol. The molecule has 1 aromatic heterocycles. The van der Waals surface area contributed by atoms with Crippen LogP contribution in [0.3, 0.4) is 0 Å². The van der Waals surface area contributed by atoms with Crippen LogP contribution >= 0.6 is 0 Å². The molecular weight excluding hydrogens is 634 g/mol. The lowest BCUT2D eigenvalue weighted by atomic mass is 10.1. The zero-order chi connectivity index (χ0) is 33.2. The van der Waals surface area contributed by atoms with Crippen LogP contribution in [0.15, 0.2) is 39.0 Å². The van der Waals surface area contributed by atoms with Gasteiger partial charge in [-0.3, -0.25) is 25.0 Å². The number of sulfonamides is 1. The van der Waals surface area contributed by atoms with E-state index in [1.807, 2.05) is 4.98 Å². The van der Waals surface area contributed by atoms with E-state index in [0.29, 0.717) is 18.4 Å². The third kappa shape index (κ3) is 7.66. The number of methoxy groups -OCH3 is 1. The van der Waals surface area contributed by atoms with Crippen LogP contribution in [-0.2, 0) is 27.1 Å². The van der Waals surface area contributed by atoms with E-state index in [0.717, 1.165) is 7.11 Å². The van der Waals surface area contributed by atoms with E-state index in [1.54, 1.807) is 4.83 Å². The standard InChI is InChI=1S/C10H7F3N4O6S.C9H5F3N2O5/c1-24(22,23)15-16-8(18)4-2-7(17(20)21)5(10(11,12)13)3-6(4)14-9(16)19;1-19-8(15)4-2-7(14(17)18)5(9(10,11)12)3-6(4)13-16/h2-3,15H,1H3,(H,14,19);2-3H,1H3. The lowest BCUT2D eigenvalue weighted by molar-refractivity contribution is -0.388. The molecule has 0 aliphatic carbocycles. The van der Waals surface area contributed by atoms with Gasteiger partial charge >= 0.3 is 24.0 Å². The Hall–Kier alpha value is -5.42. The molecular formula is C19H12F6N6O11S. The van der Waals surface area contributed by atoms with Crippen LogP contribution in [0.25, 0.3) is 10.9 Å². The summed E-state index contributed by atoms with van der Waals surface area (Å²) >= 11 is 0. The summed E-state index contributed by atoms with van der Waals surface area (Å²) in [6.07, 6.45) is -9.54.